The molecular formula is C46H40N4O4. The summed E-state index contributed by atoms with van der Waals surface area (Å²) in [5, 5.41) is 18.2. The van der Waals surface area contributed by atoms with E-state index in [-0.39, 0.29) is 0 Å². The molecule has 0 heterocycles. The summed E-state index contributed by atoms with van der Waals surface area (Å²) in [7, 11) is 0. The highest BCUT2D eigenvalue weighted by molar-refractivity contribution is 6.15. The van der Waals surface area contributed by atoms with Crippen LogP contribution in [0.1, 0.15) is 20.8 Å². The van der Waals surface area contributed by atoms with Gasteiger partial charge in [0.2, 0.25) is 0 Å². The maximum absolute atomic E-state index is 12.3. The van der Waals surface area contributed by atoms with Crippen molar-refractivity contribution in [1.29, 1.82) is 0 Å². The van der Waals surface area contributed by atoms with Gasteiger partial charge >= 0.3 is 12.2 Å². The highest BCUT2D eigenvalue weighted by Gasteiger charge is 2.31. The minimum absolute atomic E-state index is 0.397. The minimum atomic E-state index is -0.993. The van der Waals surface area contributed by atoms with Crippen molar-refractivity contribution in [2.24, 2.45) is 5.73 Å². The summed E-state index contributed by atoms with van der Waals surface area (Å²) in [6.07, 6.45) is -1.84. The number of carboxylic acid groups (broad SMARTS) is 1. The molecule has 0 aliphatic rings. The number of primary amides is 1. The van der Waals surface area contributed by atoms with E-state index in [2.05, 4.69) is 0 Å². The third-order valence-corrected chi connectivity index (χ3v) is 9.53. The fraction of sp³-hybridized carbons (Fsp3) is 0.0870. The van der Waals surface area contributed by atoms with Gasteiger partial charge in [0.05, 0.1) is 5.69 Å². The lowest BCUT2D eigenvalue weighted by molar-refractivity contribution is 0.195. The second-order valence-corrected chi connectivity index (χ2v) is 14.1. The number of amides is 2. The maximum atomic E-state index is 12.3. The Hall–Kier alpha value is -7.06. The number of benzene rings is 8. The van der Waals surface area contributed by atoms with Gasteiger partial charge in [-0.3, -0.25) is 4.90 Å². The van der Waals surface area contributed by atoms with Gasteiger partial charge in [0.1, 0.15) is 5.75 Å². The second-order valence-electron chi connectivity index (χ2n) is 14.1. The first-order valence-electron chi connectivity index (χ1n) is 17.5. The van der Waals surface area contributed by atoms with Crippen molar-refractivity contribution in [3.05, 3.63) is 146 Å². The maximum Gasteiger partial charge on any atom is 0.412 e. The Bertz CT molecular complexity index is 2730. The van der Waals surface area contributed by atoms with Crippen LogP contribution in [0.5, 0.6) is 5.75 Å². The van der Waals surface area contributed by atoms with Crippen LogP contribution in [0.15, 0.2) is 146 Å². The fourth-order valence-corrected chi connectivity index (χ4v) is 7.30. The summed E-state index contributed by atoms with van der Waals surface area (Å²) in [5.74, 6) is 0.397. The van der Waals surface area contributed by atoms with Crippen molar-refractivity contribution in [2.75, 3.05) is 16.4 Å². The van der Waals surface area contributed by atoms with Crippen molar-refractivity contribution in [3.63, 3.8) is 0 Å². The van der Waals surface area contributed by atoms with Crippen LogP contribution in [0.25, 0.3) is 65.3 Å². The Labute approximate surface area is 313 Å². The predicted molar refractivity (Wildman–Crippen MR) is 223 cm³/mol. The highest BCUT2D eigenvalue weighted by atomic mass is 16.5. The van der Waals surface area contributed by atoms with Gasteiger partial charge in [-0.05, 0) is 88.1 Å². The highest BCUT2D eigenvalue weighted by Crippen LogP contribution is 2.46. The number of nitrogens with two attached hydrogens (primary N) is 3. The van der Waals surface area contributed by atoms with E-state index in [0.717, 1.165) is 65.3 Å². The molecule has 0 saturated carbocycles. The van der Waals surface area contributed by atoms with Crippen LogP contribution < -0.4 is 26.8 Å². The zero-order chi connectivity index (χ0) is 38.1. The number of hydrogen-bond donors (Lipinski definition) is 4. The first-order chi connectivity index (χ1) is 25.9. The van der Waals surface area contributed by atoms with E-state index in [9.17, 15) is 14.7 Å². The molecule has 2 amide bonds. The molecule has 8 aromatic rings. The average molecular weight is 713 g/mol. The molecule has 268 valence electrons. The van der Waals surface area contributed by atoms with Crippen molar-refractivity contribution in [2.45, 2.75) is 26.3 Å². The van der Waals surface area contributed by atoms with Crippen LogP contribution >= 0.6 is 0 Å². The Morgan fingerprint density at radius 3 is 1.31 bits per heavy atom. The topological polar surface area (TPSA) is 145 Å². The number of ether oxygens (including phenoxy) is 1. The molecule has 0 aliphatic carbocycles. The number of rotatable bonds is 4. The van der Waals surface area contributed by atoms with Crippen LogP contribution in [-0.2, 0) is 0 Å². The van der Waals surface area contributed by atoms with Crippen LogP contribution in [0.4, 0.5) is 26.7 Å². The van der Waals surface area contributed by atoms with E-state index < -0.39 is 17.7 Å². The number of fused-ring (bicyclic) bond motifs is 4. The molecule has 0 aromatic heterocycles. The molecule has 0 radical (unpaired) electrons. The van der Waals surface area contributed by atoms with E-state index >= 15 is 0 Å². The number of carbonyl (C=O) groups excluding carboxylic acids is 1. The standard InChI is InChI=1S/C25H24N2O2.C21H16N2O2/c1-25(2,3)27(24(28)29)21-15-13-17-9-5-7-11-19(17)23(21)22-18-10-6-4-8-16(18)12-14-20(22)26;22-17-11-9-13-5-1-3-7-15(13)19(17)20-16-8-4-2-6-14(16)10-12-18(20)25-21(23)24/h4-15H,26H2,1-3H3,(H,28,29);1-12H,22H2,(H2,23,24). The Morgan fingerprint density at radius 1 is 0.519 bits per heavy atom. The van der Waals surface area contributed by atoms with Crippen LogP contribution in [-0.4, -0.2) is 22.8 Å². The summed E-state index contributed by atoms with van der Waals surface area (Å²) >= 11 is 0. The number of hydrogen-bond acceptors (Lipinski definition) is 5. The van der Waals surface area contributed by atoms with Crippen LogP contribution in [0.3, 0.4) is 0 Å². The zero-order valence-corrected chi connectivity index (χ0v) is 30.2. The minimum Gasteiger partial charge on any atom is -0.465 e. The molecule has 0 fully saturated rings. The molecule has 0 spiro atoms. The average Bonchev–Trinajstić information content (AvgIpc) is 3.15. The van der Waals surface area contributed by atoms with Gasteiger partial charge < -0.3 is 27.0 Å². The van der Waals surface area contributed by atoms with Gasteiger partial charge in [0, 0.05) is 39.2 Å². The molecule has 8 nitrogen and oxygen atoms in total. The van der Waals surface area contributed by atoms with E-state index in [0.29, 0.717) is 22.8 Å². The molecule has 0 unspecified atom stereocenters. The van der Waals surface area contributed by atoms with E-state index in [4.69, 9.17) is 21.9 Å². The zero-order valence-electron chi connectivity index (χ0n) is 30.2. The lowest BCUT2D eigenvalue weighted by Crippen LogP contribution is -2.45. The summed E-state index contributed by atoms with van der Waals surface area (Å²) in [6.45, 7) is 5.69. The second kappa shape index (κ2) is 14.2. The molecule has 8 rings (SSSR count). The molecule has 8 heteroatoms. The lowest BCUT2D eigenvalue weighted by atomic mass is 9.90. The van der Waals surface area contributed by atoms with E-state index in [1.54, 1.807) is 6.07 Å². The van der Waals surface area contributed by atoms with E-state index in [1.165, 1.54) is 4.90 Å². The van der Waals surface area contributed by atoms with Gasteiger partial charge in [0.25, 0.3) is 0 Å². The van der Waals surface area contributed by atoms with Gasteiger partial charge in [-0.2, -0.15) is 0 Å². The molecule has 0 aliphatic heterocycles. The third kappa shape index (κ3) is 6.57. The number of nitrogen functional groups attached to an aromatic ring is 2. The van der Waals surface area contributed by atoms with Gasteiger partial charge in [0.15, 0.2) is 0 Å². The fourth-order valence-electron chi connectivity index (χ4n) is 7.30. The lowest BCUT2D eigenvalue weighted by Gasteiger charge is -2.35. The predicted octanol–water partition coefficient (Wildman–Crippen LogP) is 11.2. The van der Waals surface area contributed by atoms with Gasteiger partial charge in [-0.25, -0.2) is 9.59 Å². The Balaban J connectivity index is 0.000000168. The Kier molecular flexibility index (Phi) is 9.27. The first kappa shape index (κ1) is 35.3. The monoisotopic (exact) mass is 712 g/mol. The molecule has 54 heavy (non-hydrogen) atoms. The quantitative estimate of drug-likeness (QED) is 0.134. The molecule has 0 atom stereocenters. The van der Waals surface area contributed by atoms with Gasteiger partial charge in [-0.1, -0.05) is 121 Å². The number of anilines is 3. The molecule has 0 saturated heterocycles. The Morgan fingerprint density at radius 2 is 0.889 bits per heavy atom. The number of nitrogens with zero attached hydrogens (tertiary/aromatic N) is 1. The smallest absolute Gasteiger partial charge is 0.412 e. The van der Waals surface area contributed by atoms with Crippen molar-refractivity contribution in [3.8, 4) is 28.0 Å². The van der Waals surface area contributed by atoms with Crippen molar-refractivity contribution < 1.29 is 19.4 Å². The summed E-state index contributed by atoms with van der Waals surface area (Å²) in [5.41, 5.74) is 22.7. The van der Waals surface area contributed by atoms with Crippen LogP contribution in [0.2, 0.25) is 0 Å². The summed E-state index contributed by atoms with van der Waals surface area (Å²) in [4.78, 5) is 25.1. The first-order valence-corrected chi connectivity index (χ1v) is 17.5. The summed E-state index contributed by atoms with van der Waals surface area (Å²) < 4.78 is 5.30. The molecular weight excluding hydrogens is 673 g/mol. The summed E-state index contributed by atoms with van der Waals surface area (Å²) in [6, 6.07) is 47.2. The largest absolute Gasteiger partial charge is 0.465 e. The SMILES string of the molecule is CC(C)(C)N(C(=O)O)c1ccc2ccccc2c1-c1c(N)ccc2ccccc12.NC(=O)Oc1ccc2ccccc2c1-c1c(N)ccc2ccccc12. The molecule has 8 aromatic carbocycles. The van der Waals surface area contributed by atoms with Crippen molar-refractivity contribution in [1.82, 2.24) is 0 Å². The molecule has 0 bridgehead atoms. The third-order valence-electron chi connectivity index (χ3n) is 9.53. The normalized spacial score (nSPS) is 11.3. The van der Waals surface area contributed by atoms with Crippen LogP contribution in [0, 0.1) is 0 Å². The van der Waals surface area contributed by atoms with Crippen molar-refractivity contribution >= 4 is 72.3 Å². The number of carbonyl (C=O) groups is 2. The van der Waals surface area contributed by atoms with E-state index in [1.807, 2.05) is 160 Å². The van der Waals surface area contributed by atoms with Gasteiger partial charge in [-0.15, -0.1) is 0 Å². The molecule has 7 N–H and O–H groups in total.